The van der Waals surface area contributed by atoms with Crippen LogP contribution < -0.4 is 0 Å². The van der Waals surface area contributed by atoms with Crippen molar-refractivity contribution < 1.29 is 0 Å². The lowest BCUT2D eigenvalue weighted by atomic mass is 10.1. The maximum atomic E-state index is 2.31. The molecule has 1 unspecified atom stereocenters. The lowest BCUT2D eigenvalue weighted by molar-refractivity contribution is 0.694. The van der Waals surface area contributed by atoms with Crippen molar-refractivity contribution >= 4 is 11.9 Å². The maximum Gasteiger partial charge on any atom is 0.0176 e. The van der Waals surface area contributed by atoms with E-state index in [1.54, 1.807) is 11.9 Å². The summed E-state index contributed by atoms with van der Waals surface area (Å²) in [5.41, 5.74) is 1.34. The highest BCUT2D eigenvalue weighted by atomic mass is 32.2. The molecule has 0 heterocycles. The minimum absolute atomic E-state index is 0.684. The Morgan fingerprint density at radius 2 is 2.15 bits per heavy atom. The first-order valence-electron chi connectivity index (χ1n) is 4.73. The lowest BCUT2D eigenvalue weighted by Crippen LogP contribution is -1.96. The van der Waals surface area contributed by atoms with E-state index < -0.39 is 0 Å². The molecule has 0 aliphatic heterocycles. The molecule has 0 aromatic rings. The first-order chi connectivity index (χ1) is 6.10. The second-order valence-corrected chi connectivity index (χ2v) is 4.28. The Balaban J connectivity index is 4.04. The van der Waals surface area contributed by atoms with Crippen molar-refractivity contribution in [3.8, 4) is 0 Å². The molecule has 76 valence electrons. The smallest absolute Gasteiger partial charge is 0.0176 e. The Labute approximate surface area is 87.0 Å². The molecule has 1 nitrogen and oxygen atoms in total. The molecule has 0 aliphatic carbocycles. The van der Waals surface area contributed by atoms with Crippen LogP contribution in [-0.4, -0.2) is 17.6 Å². The second-order valence-electron chi connectivity index (χ2n) is 3.34. The van der Waals surface area contributed by atoms with Crippen molar-refractivity contribution in [1.29, 1.82) is 0 Å². The largest absolute Gasteiger partial charge is 0.327 e. The molecule has 0 saturated heterocycles. The number of allylic oxidation sites excluding steroid dienone is 3. The van der Waals surface area contributed by atoms with Gasteiger partial charge < -0.3 is 4.31 Å². The first kappa shape index (κ1) is 12.6. The van der Waals surface area contributed by atoms with Crippen molar-refractivity contribution in [1.82, 2.24) is 4.31 Å². The molecule has 0 radical (unpaired) electrons. The number of hydrogen-bond acceptors (Lipinski definition) is 2. The van der Waals surface area contributed by atoms with Gasteiger partial charge in [-0.15, -0.1) is 0 Å². The van der Waals surface area contributed by atoms with Crippen LogP contribution >= 0.6 is 11.9 Å². The van der Waals surface area contributed by atoms with E-state index >= 15 is 0 Å². The highest BCUT2D eigenvalue weighted by molar-refractivity contribution is 7.96. The van der Waals surface area contributed by atoms with Crippen LogP contribution in [0, 0.1) is 5.92 Å². The molecule has 0 spiro atoms. The summed E-state index contributed by atoms with van der Waals surface area (Å²) in [6.45, 7) is 6.61. The number of hydrogen-bond donors (Lipinski definition) is 0. The maximum absolute atomic E-state index is 2.31. The van der Waals surface area contributed by atoms with E-state index in [0.29, 0.717) is 5.92 Å². The van der Waals surface area contributed by atoms with Gasteiger partial charge in [0.05, 0.1) is 0 Å². The lowest BCUT2D eigenvalue weighted by Gasteiger charge is -2.08. The fraction of sp³-hybridized carbons (Fsp3) is 0.636. The van der Waals surface area contributed by atoms with Gasteiger partial charge in [-0.25, -0.2) is 0 Å². The zero-order valence-corrected chi connectivity index (χ0v) is 10.2. The molecule has 0 amide bonds. The molecule has 0 saturated carbocycles. The van der Waals surface area contributed by atoms with E-state index in [1.165, 1.54) is 12.0 Å². The van der Waals surface area contributed by atoms with E-state index in [2.05, 4.69) is 56.7 Å². The van der Waals surface area contributed by atoms with E-state index in [9.17, 15) is 0 Å². The zero-order chi connectivity index (χ0) is 10.3. The van der Waals surface area contributed by atoms with Crippen LogP contribution in [0.1, 0.15) is 27.2 Å². The molecule has 1 atom stereocenters. The van der Waals surface area contributed by atoms with Crippen molar-refractivity contribution in [3.05, 3.63) is 23.9 Å². The average molecular weight is 199 g/mol. The van der Waals surface area contributed by atoms with Crippen LogP contribution in [0.15, 0.2) is 23.9 Å². The quantitative estimate of drug-likeness (QED) is 0.490. The normalized spacial score (nSPS) is 15.0. The topological polar surface area (TPSA) is 3.24 Å². The Bertz CT molecular complexity index is 185. The molecule has 0 N–H and O–H groups in total. The van der Waals surface area contributed by atoms with Crippen molar-refractivity contribution in [3.63, 3.8) is 0 Å². The van der Waals surface area contributed by atoms with E-state index in [1.807, 2.05) is 0 Å². The highest BCUT2D eigenvalue weighted by Gasteiger charge is 1.92. The first-order valence-corrected chi connectivity index (χ1v) is 5.91. The van der Waals surface area contributed by atoms with Gasteiger partial charge in [0.1, 0.15) is 0 Å². The summed E-state index contributed by atoms with van der Waals surface area (Å²) in [5.74, 6) is 0.684. The van der Waals surface area contributed by atoms with Gasteiger partial charge in [-0.1, -0.05) is 43.9 Å². The SMILES string of the molecule is CCC(C)C=C(C)C=CN(C)SC. The average Bonchev–Trinajstić information content (AvgIpc) is 2.13. The van der Waals surface area contributed by atoms with Gasteiger partial charge in [0.25, 0.3) is 0 Å². The monoisotopic (exact) mass is 199 g/mol. The summed E-state index contributed by atoms with van der Waals surface area (Å²) in [6.07, 6.45) is 9.84. The van der Waals surface area contributed by atoms with Crippen molar-refractivity contribution in [2.45, 2.75) is 27.2 Å². The Kier molecular flexibility index (Phi) is 6.87. The van der Waals surface area contributed by atoms with Crippen LogP contribution in [0.5, 0.6) is 0 Å². The van der Waals surface area contributed by atoms with Crippen LogP contribution in [0.2, 0.25) is 0 Å². The van der Waals surface area contributed by atoms with Gasteiger partial charge in [-0.3, -0.25) is 0 Å². The molecule has 13 heavy (non-hydrogen) atoms. The summed E-state index contributed by atoms with van der Waals surface area (Å²) in [7, 11) is 2.05. The fourth-order valence-electron chi connectivity index (χ4n) is 0.906. The number of nitrogens with zero attached hydrogens (tertiary/aromatic N) is 1. The van der Waals surface area contributed by atoms with Gasteiger partial charge in [0.2, 0.25) is 0 Å². The Hall–Kier alpha value is -0.370. The minimum Gasteiger partial charge on any atom is -0.327 e. The summed E-state index contributed by atoms with van der Waals surface area (Å²) in [4.78, 5) is 0. The molecular formula is C11H21NS. The predicted molar refractivity (Wildman–Crippen MR) is 63.6 cm³/mol. The van der Waals surface area contributed by atoms with Gasteiger partial charge in [0, 0.05) is 19.5 Å². The molecule has 0 bridgehead atoms. The third kappa shape index (κ3) is 6.76. The molecule has 0 rings (SSSR count). The standard InChI is InChI=1S/C11H21NS/c1-6-10(2)9-11(3)7-8-12(4)13-5/h7-10H,6H2,1-5H3. The minimum atomic E-state index is 0.684. The molecule has 0 fully saturated rings. The van der Waals surface area contributed by atoms with E-state index in [0.717, 1.165) is 0 Å². The summed E-state index contributed by atoms with van der Waals surface area (Å²) < 4.78 is 2.09. The molecular weight excluding hydrogens is 178 g/mol. The van der Waals surface area contributed by atoms with Crippen molar-refractivity contribution in [2.24, 2.45) is 5.92 Å². The molecule has 0 aliphatic rings. The molecule has 0 aromatic carbocycles. The second kappa shape index (κ2) is 7.07. The molecule has 2 heteroatoms. The van der Waals surface area contributed by atoms with Crippen LogP contribution in [0.4, 0.5) is 0 Å². The third-order valence-electron chi connectivity index (χ3n) is 2.03. The van der Waals surface area contributed by atoms with Gasteiger partial charge in [0.15, 0.2) is 0 Å². The predicted octanol–water partition coefficient (Wildman–Crippen LogP) is 3.70. The Morgan fingerprint density at radius 1 is 1.54 bits per heavy atom. The zero-order valence-electron chi connectivity index (χ0n) is 9.37. The van der Waals surface area contributed by atoms with E-state index in [4.69, 9.17) is 0 Å². The van der Waals surface area contributed by atoms with Crippen LogP contribution in [0.3, 0.4) is 0 Å². The van der Waals surface area contributed by atoms with Crippen molar-refractivity contribution in [2.75, 3.05) is 13.3 Å². The Morgan fingerprint density at radius 3 is 2.62 bits per heavy atom. The highest BCUT2D eigenvalue weighted by Crippen LogP contribution is 2.09. The van der Waals surface area contributed by atoms with E-state index in [-0.39, 0.29) is 0 Å². The van der Waals surface area contributed by atoms with Crippen LogP contribution in [-0.2, 0) is 0 Å². The van der Waals surface area contributed by atoms with Crippen LogP contribution in [0.25, 0.3) is 0 Å². The van der Waals surface area contributed by atoms with Gasteiger partial charge in [-0.2, -0.15) is 0 Å². The third-order valence-corrected chi connectivity index (χ3v) is 2.72. The molecule has 0 aromatic heterocycles. The number of rotatable bonds is 5. The van der Waals surface area contributed by atoms with Gasteiger partial charge in [-0.05, 0) is 18.9 Å². The summed E-state index contributed by atoms with van der Waals surface area (Å²) in [6, 6.07) is 0. The fourth-order valence-corrected chi connectivity index (χ4v) is 1.09. The summed E-state index contributed by atoms with van der Waals surface area (Å²) >= 11 is 1.71. The summed E-state index contributed by atoms with van der Waals surface area (Å²) in [5, 5.41) is 0. The van der Waals surface area contributed by atoms with Gasteiger partial charge >= 0.3 is 0 Å².